The molecule has 1 atom stereocenters. The standard InChI is InChI=1S/C8H16O3/c1-3-11-8(10)6-4-5-7(2)9/h7,9H,3-6H2,1-2H3/t7-/m0/s1. The molecule has 0 rings (SSSR count). The molecule has 66 valence electrons. The van der Waals surface area contributed by atoms with Crippen LogP contribution in [0.3, 0.4) is 0 Å². The van der Waals surface area contributed by atoms with Crippen molar-refractivity contribution < 1.29 is 14.6 Å². The summed E-state index contributed by atoms with van der Waals surface area (Å²) in [5, 5.41) is 8.84. The summed E-state index contributed by atoms with van der Waals surface area (Å²) in [7, 11) is 0. The maximum atomic E-state index is 10.7. The highest BCUT2D eigenvalue weighted by Gasteiger charge is 2.02. The van der Waals surface area contributed by atoms with Gasteiger partial charge >= 0.3 is 5.97 Å². The predicted molar refractivity (Wildman–Crippen MR) is 42.2 cm³/mol. The fourth-order valence-corrected chi connectivity index (χ4v) is 0.775. The van der Waals surface area contributed by atoms with Crippen LogP contribution in [-0.4, -0.2) is 23.8 Å². The smallest absolute Gasteiger partial charge is 0.305 e. The second-order valence-electron chi connectivity index (χ2n) is 2.55. The molecule has 0 heterocycles. The predicted octanol–water partition coefficient (Wildman–Crippen LogP) is 1.10. The van der Waals surface area contributed by atoms with Gasteiger partial charge in [0.05, 0.1) is 12.7 Å². The van der Waals surface area contributed by atoms with E-state index in [2.05, 4.69) is 0 Å². The van der Waals surface area contributed by atoms with E-state index in [4.69, 9.17) is 9.84 Å². The molecular formula is C8H16O3. The third-order valence-corrected chi connectivity index (χ3v) is 1.31. The van der Waals surface area contributed by atoms with Crippen LogP contribution in [0.15, 0.2) is 0 Å². The molecule has 0 aliphatic heterocycles. The van der Waals surface area contributed by atoms with Gasteiger partial charge in [0, 0.05) is 6.42 Å². The van der Waals surface area contributed by atoms with Crippen LogP contribution in [0.5, 0.6) is 0 Å². The topological polar surface area (TPSA) is 46.5 Å². The van der Waals surface area contributed by atoms with Crippen molar-refractivity contribution in [3.05, 3.63) is 0 Å². The number of rotatable bonds is 5. The van der Waals surface area contributed by atoms with Gasteiger partial charge in [-0.1, -0.05) is 0 Å². The summed E-state index contributed by atoms with van der Waals surface area (Å²) in [5.74, 6) is -0.173. The van der Waals surface area contributed by atoms with E-state index in [-0.39, 0.29) is 12.1 Å². The first kappa shape index (κ1) is 10.4. The van der Waals surface area contributed by atoms with E-state index in [1.165, 1.54) is 0 Å². The molecule has 0 radical (unpaired) electrons. The van der Waals surface area contributed by atoms with Gasteiger partial charge in [0.1, 0.15) is 0 Å². The Labute approximate surface area is 67.4 Å². The van der Waals surface area contributed by atoms with Crippen molar-refractivity contribution in [2.45, 2.75) is 39.2 Å². The quantitative estimate of drug-likeness (QED) is 0.612. The molecule has 0 unspecified atom stereocenters. The van der Waals surface area contributed by atoms with E-state index in [1.54, 1.807) is 13.8 Å². The lowest BCUT2D eigenvalue weighted by atomic mass is 10.2. The van der Waals surface area contributed by atoms with Crippen LogP contribution in [-0.2, 0) is 9.53 Å². The lowest BCUT2D eigenvalue weighted by Gasteiger charge is -2.03. The summed E-state index contributed by atoms with van der Waals surface area (Å²) in [5.41, 5.74) is 0. The fraction of sp³-hybridized carbons (Fsp3) is 0.875. The summed E-state index contributed by atoms with van der Waals surface area (Å²) in [6.45, 7) is 3.94. The molecule has 11 heavy (non-hydrogen) atoms. The lowest BCUT2D eigenvalue weighted by molar-refractivity contribution is -0.143. The molecule has 0 saturated carbocycles. The Bertz CT molecular complexity index is 110. The molecule has 0 aliphatic rings. The molecule has 0 amide bonds. The van der Waals surface area contributed by atoms with Crippen molar-refractivity contribution in [2.75, 3.05) is 6.61 Å². The molecular weight excluding hydrogens is 144 g/mol. The van der Waals surface area contributed by atoms with Crippen LogP contribution in [0.1, 0.15) is 33.1 Å². The zero-order chi connectivity index (χ0) is 8.69. The minimum atomic E-state index is -0.315. The Morgan fingerprint density at radius 3 is 2.73 bits per heavy atom. The van der Waals surface area contributed by atoms with Gasteiger partial charge in [-0.2, -0.15) is 0 Å². The van der Waals surface area contributed by atoms with Gasteiger partial charge in [-0.15, -0.1) is 0 Å². The molecule has 0 aromatic heterocycles. The van der Waals surface area contributed by atoms with Crippen LogP contribution >= 0.6 is 0 Å². The molecule has 0 bridgehead atoms. The highest BCUT2D eigenvalue weighted by molar-refractivity contribution is 5.69. The van der Waals surface area contributed by atoms with Gasteiger partial charge in [-0.05, 0) is 26.7 Å². The number of carbonyl (C=O) groups is 1. The molecule has 0 fully saturated rings. The van der Waals surface area contributed by atoms with Gasteiger partial charge in [0.25, 0.3) is 0 Å². The highest BCUT2D eigenvalue weighted by atomic mass is 16.5. The SMILES string of the molecule is CCOC(=O)CCC[C@H](C)O. The van der Waals surface area contributed by atoms with E-state index in [0.717, 1.165) is 0 Å². The largest absolute Gasteiger partial charge is 0.466 e. The van der Waals surface area contributed by atoms with Crippen LogP contribution in [0.4, 0.5) is 0 Å². The molecule has 0 saturated heterocycles. The summed E-state index contributed by atoms with van der Waals surface area (Å²) in [4.78, 5) is 10.7. The van der Waals surface area contributed by atoms with Crippen molar-refractivity contribution in [3.8, 4) is 0 Å². The second-order valence-corrected chi connectivity index (χ2v) is 2.55. The van der Waals surface area contributed by atoms with Crippen molar-refractivity contribution in [1.82, 2.24) is 0 Å². The van der Waals surface area contributed by atoms with Crippen LogP contribution in [0, 0.1) is 0 Å². The zero-order valence-corrected chi connectivity index (χ0v) is 7.17. The van der Waals surface area contributed by atoms with E-state index < -0.39 is 0 Å². The molecule has 0 aromatic rings. The Morgan fingerprint density at radius 2 is 2.27 bits per heavy atom. The van der Waals surface area contributed by atoms with E-state index >= 15 is 0 Å². The molecule has 3 nitrogen and oxygen atoms in total. The number of hydrogen-bond acceptors (Lipinski definition) is 3. The van der Waals surface area contributed by atoms with Crippen LogP contribution < -0.4 is 0 Å². The summed E-state index contributed by atoms with van der Waals surface area (Å²) < 4.78 is 4.70. The number of aliphatic hydroxyl groups excluding tert-OH is 1. The number of carbonyl (C=O) groups excluding carboxylic acids is 1. The Kier molecular flexibility index (Phi) is 5.84. The number of aliphatic hydroxyl groups is 1. The second kappa shape index (κ2) is 6.16. The normalized spacial score (nSPS) is 12.6. The Morgan fingerprint density at radius 1 is 1.64 bits per heavy atom. The number of ether oxygens (including phenoxy) is 1. The van der Waals surface area contributed by atoms with Gasteiger partial charge < -0.3 is 9.84 Å². The van der Waals surface area contributed by atoms with E-state index in [9.17, 15) is 4.79 Å². The first-order valence-corrected chi connectivity index (χ1v) is 4.00. The first-order valence-electron chi connectivity index (χ1n) is 4.00. The Hall–Kier alpha value is -0.570. The van der Waals surface area contributed by atoms with Gasteiger partial charge in [-0.25, -0.2) is 0 Å². The molecule has 1 N–H and O–H groups in total. The highest BCUT2D eigenvalue weighted by Crippen LogP contribution is 2.00. The van der Waals surface area contributed by atoms with Crippen molar-refractivity contribution in [1.29, 1.82) is 0 Å². The van der Waals surface area contributed by atoms with Crippen LogP contribution in [0.2, 0.25) is 0 Å². The first-order chi connectivity index (χ1) is 5.16. The van der Waals surface area contributed by atoms with Crippen LogP contribution in [0.25, 0.3) is 0 Å². The maximum absolute atomic E-state index is 10.7. The van der Waals surface area contributed by atoms with E-state index in [1.807, 2.05) is 0 Å². The fourth-order valence-electron chi connectivity index (χ4n) is 0.775. The van der Waals surface area contributed by atoms with Gasteiger partial charge in [0.2, 0.25) is 0 Å². The minimum Gasteiger partial charge on any atom is -0.466 e. The minimum absolute atomic E-state index is 0.173. The molecule has 0 aromatic carbocycles. The monoisotopic (exact) mass is 160 g/mol. The van der Waals surface area contributed by atoms with Crippen molar-refractivity contribution >= 4 is 5.97 Å². The molecule has 3 heteroatoms. The molecule has 0 aliphatic carbocycles. The number of hydrogen-bond donors (Lipinski definition) is 1. The number of esters is 1. The maximum Gasteiger partial charge on any atom is 0.305 e. The molecule has 0 spiro atoms. The third kappa shape index (κ3) is 7.33. The third-order valence-electron chi connectivity index (χ3n) is 1.31. The Balaban J connectivity index is 3.17. The summed E-state index contributed by atoms with van der Waals surface area (Å²) >= 11 is 0. The van der Waals surface area contributed by atoms with Crippen molar-refractivity contribution in [3.63, 3.8) is 0 Å². The van der Waals surface area contributed by atoms with Crippen molar-refractivity contribution in [2.24, 2.45) is 0 Å². The summed E-state index contributed by atoms with van der Waals surface area (Å²) in [6, 6.07) is 0. The average Bonchev–Trinajstić information content (AvgIpc) is 1.87. The summed E-state index contributed by atoms with van der Waals surface area (Å²) in [6.07, 6.45) is 1.47. The van der Waals surface area contributed by atoms with Gasteiger partial charge in [0.15, 0.2) is 0 Å². The van der Waals surface area contributed by atoms with Gasteiger partial charge in [-0.3, -0.25) is 4.79 Å². The van der Waals surface area contributed by atoms with E-state index in [0.29, 0.717) is 25.9 Å². The zero-order valence-electron chi connectivity index (χ0n) is 7.17. The average molecular weight is 160 g/mol. The lowest BCUT2D eigenvalue weighted by Crippen LogP contribution is -2.06.